The molecule has 8 nitrogen and oxygen atoms in total. The average molecular weight is 483 g/mol. The molecule has 2 aromatic rings. The molecule has 0 spiro atoms. The Bertz CT molecular complexity index is 1130. The van der Waals surface area contributed by atoms with Crippen LogP contribution in [-0.4, -0.2) is 66.8 Å². The standard InChI is InChI=1S/C25H26N2O6S/c1-17-4-3-5-19(12-17)16-33-20-7-6-18(13-21(20)31-2)14-22-24(29)27(25(30)34-22)15-23(28)26-8-10-32-11-9-26/h3-7,12-14H,8-11,15-16H2,1-2H3/b22-14-. The van der Waals surface area contributed by atoms with E-state index in [1.807, 2.05) is 25.1 Å². The molecule has 178 valence electrons. The van der Waals surface area contributed by atoms with E-state index in [1.165, 1.54) is 0 Å². The maximum Gasteiger partial charge on any atom is 0.294 e. The molecule has 0 N–H and O–H groups in total. The molecular weight excluding hydrogens is 456 g/mol. The van der Waals surface area contributed by atoms with Gasteiger partial charge >= 0.3 is 0 Å². The van der Waals surface area contributed by atoms with Gasteiger partial charge in [-0.1, -0.05) is 35.9 Å². The van der Waals surface area contributed by atoms with Gasteiger partial charge in [-0.15, -0.1) is 0 Å². The lowest BCUT2D eigenvalue weighted by atomic mass is 10.1. The Morgan fingerprint density at radius 1 is 1.12 bits per heavy atom. The largest absolute Gasteiger partial charge is 0.493 e. The molecule has 0 aliphatic carbocycles. The Morgan fingerprint density at radius 3 is 2.65 bits per heavy atom. The fourth-order valence-electron chi connectivity index (χ4n) is 3.69. The third-order valence-electron chi connectivity index (χ3n) is 5.49. The van der Waals surface area contributed by atoms with Crippen LogP contribution in [0.2, 0.25) is 0 Å². The number of benzene rings is 2. The molecular formula is C25H26N2O6S. The highest BCUT2D eigenvalue weighted by Crippen LogP contribution is 2.34. The van der Waals surface area contributed by atoms with Gasteiger partial charge in [0.05, 0.1) is 25.2 Å². The normalized spacial score (nSPS) is 17.4. The van der Waals surface area contributed by atoms with Gasteiger partial charge in [0.15, 0.2) is 11.5 Å². The van der Waals surface area contributed by atoms with E-state index in [2.05, 4.69) is 6.07 Å². The van der Waals surface area contributed by atoms with Gasteiger partial charge in [0.2, 0.25) is 5.91 Å². The van der Waals surface area contributed by atoms with Gasteiger partial charge in [0, 0.05) is 13.1 Å². The van der Waals surface area contributed by atoms with E-state index in [0.717, 1.165) is 27.8 Å². The number of aryl methyl sites for hydroxylation is 1. The quantitative estimate of drug-likeness (QED) is 0.559. The summed E-state index contributed by atoms with van der Waals surface area (Å²) in [7, 11) is 1.55. The van der Waals surface area contributed by atoms with Gasteiger partial charge in [0.25, 0.3) is 11.1 Å². The molecule has 3 amide bonds. The first-order chi connectivity index (χ1) is 16.4. The van der Waals surface area contributed by atoms with E-state index < -0.39 is 11.1 Å². The third-order valence-corrected chi connectivity index (χ3v) is 6.40. The summed E-state index contributed by atoms with van der Waals surface area (Å²) in [6.45, 7) is 4.00. The molecule has 0 unspecified atom stereocenters. The van der Waals surface area contributed by atoms with Crippen molar-refractivity contribution in [2.24, 2.45) is 0 Å². The van der Waals surface area contributed by atoms with Crippen molar-refractivity contribution in [3.05, 3.63) is 64.1 Å². The number of nitrogens with zero attached hydrogens (tertiary/aromatic N) is 2. The lowest BCUT2D eigenvalue weighted by Crippen LogP contribution is -2.46. The molecule has 2 aliphatic heterocycles. The first-order valence-corrected chi connectivity index (χ1v) is 11.7. The summed E-state index contributed by atoms with van der Waals surface area (Å²) < 4.78 is 16.6. The molecule has 2 saturated heterocycles. The molecule has 0 saturated carbocycles. The average Bonchev–Trinajstić information content (AvgIpc) is 3.11. The molecule has 34 heavy (non-hydrogen) atoms. The number of carbonyl (C=O) groups excluding carboxylic acids is 3. The predicted molar refractivity (Wildman–Crippen MR) is 129 cm³/mol. The second-order valence-electron chi connectivity index (χ2n) is 7.95. The fraction of sp³-hybridized carbons (Fsp3) is 0.320. The number of ether oxygens (including phenoxy) is 3. The maximum absolute atomic E-state index is 12.8. The van der Waals surface area contributed by atoms with Crippen molar-refractivity contribution < 1.29 is 28.6 Å². The van der Waals surface area contributed by atoms with Gasteiger partial charge in [-0.25, -0.2) is 0 Å². The predicted octanol–water partition coefficient (Wildman–Crippen LogP) is 3.48. The molecule has 9 heteroatoms. The second-order valence-corrected chi connectivity index (χ2v) is 8.94. The van der Waals surface area contributed by atoms with Gasteiger partial charge in [-0.3, -0.25) is 19.3 Å². The van der Waals surface area contributed by atoms with Crippen molar-refractivity contribution in [2.75, 3.05) is 40.0 Å². The summed E-state index contributed by atoms with van der Waals surface area (Å²) in [6.07, 6.45) is 1.62. The van der Waals surface area contributed by atoms with Crippen LogP contribution in [0.4, 0.5) is 4.79 Å². The number of imide groups is 1. The van der Waals surface area contributed by atoms with Crippen LogP contribution in [0.15, 0.2) is 47.4 Å². The molecule has 2 fully saturated rings. The fourth-order valence-corrected chi connectivity index (χ4v) is 4.53. The van der Waals surface area contributed by atoms with Gasteiger partial charge in [0.1, 0.15) is 13.2 Å². The highest BCUT2D eigenvalue weighted by molar-refractivity contribution is 8.18. The van der Waals surface area contributed by atoms with E-state index in [1.54, 1.807) is 36.3 Å². The lowest BCUT2D eigenvalue weighted by molar-refractivity contribution is -0.139. The zero-order valence-corrected chi connectivity index (χ0v) is 19.9. The molecule has 2 aromatic carbocycles. The SMILES string of the molecule is COc1cc(/C=C2\SC(=O)N(CC(=O)N3CCOCC3)C2=O)ccc1OCc1cccc(C)c1. The van der Waals surface area contributed by atoms with E-state index in [9.17, 15) is 14.4 Å². The van der Waals surface area contributed by atoms with Crippen LogP contribution < -0.4 is 9.47 Å². The van der Waals surface area contributed by atoms with Crippen molar-refractivity contribution in [1.29, 1.82) is 0 Å². The third kappa shape index (κ3) is 5.60. The molecule has 2 aliphatic rings. The minimum atomic E-state index is -0.477. The van der Waals surface area contributed by atoms with E-state index in [0.29, 0.717) is 50.0 Å². The summed E-state index contributed by atoms with van der Waals surface area (Å²) in [4.78, 5) is 40.6. The van der Waals surface area contributed by atoms with Crippen molar-refractivity contribution in [3.8, 4) is 11.5 Å². The molecule has 0 radical (unpaired) electrons. The highest BCUT2D eigenvalue weighted by atomic mass is 32.2. The van der Waals surface area contributed by atoms with E-state index in [-0.39, 0.29) is 17.4 Å². The number of amides is 3. The zero-order chi connectivity index (χ0) is 24.1. The van der Waals surface area contributed by atoms with Crippen LogP contribution >= 0.6 is 11.8 Å². The minimum Gasteiger partial charge on any atom is -0.493 e. The Labute approximate surface area is 202 Å². The van der Waals surface area contributed by atoms with Crippen molar-refractivity contribution in [2.45, 2.75) is 13.5 Å². The highest BCUT2D eigenvalue weighted by Gasteiger charge is 2.37. The Kier molecular flexibility index (Phi) is 7.54. The number of carbonyl (C=O) groups is 3. The molecule has 0 bridgehead atoms. The van der Waals surface area contributed by atoms with Crippen molar-refractivity contribution in [3.63, 3.8) is 0 Å². The molecule has 0 aromatic heterocycles. The number of hydrogen-bond donors (Lipinski definition) is 0. The lowest BCUT2D eigenvalue weighted by Gasteiger charge is -2.28. The first kappa shape index (κ1) is 23.8. The van der Waals surface area contributed by atoms with Crippen molar-refractivity contribution >= 4 is 34.9 Å². The van der Waals surface area contributed by atoms with Gasteiger partial charge in [-0.2, -0.15) is 0 Å². The van der Waals surface area contributed by atoms with Crippen LogP contribution in [0.3, 0.4) is 0 Å². The topological polar surface area (TPSA) is 85.4 Å². The second kappa shape index (κ2) is 10.8. The Hall–Kier alpha value is -3.30. The maximum atomic E-state index is 12.8. The van der Waals surface area contributed by atoms with E-state index in [4.69, 9.17) is 14.2 Å². The summed E-state index contributed by atoms with van der Waals surface area (Å²) >= 11 is 0.823. The molecule has 0 atom stereocenters. The summed E-state index contributed by atoms with van der Waals surface area (Å²) in [5, 5.41) is -0.456. The number of rotatable bonds is 7. The van der Waals surface area contributed by atoms with Gasteiger partial charge in [-0.05, 0) is 48.0 Å². The van der Waals surface area contributed by atoms with E-state index >= 15 is 0 Å². The molecule has 4 rings (SSSR count). The summed E-state index contributed by atoms with van der Waals surface area (Å²) in [6, 6.07) is 13.4. The van der Waals surface area contributed by atoms with Crippen LogP contribution in [0.25, 0.3) is 6.08 Å². The number of hydrogen-bond acceptors (Lipinski definition) is 7. The van der Waals surface area contributed by atoms with Crippen LogP contribution in [0.5, 0.6) is 11.5 Å². The number of morpholine rings is 1. The first-order valence-electron chi connectivity index (χ1n) is 10.9. The van der Waals surface area contributed by atoms with Crippen LogP contribution in [0.1, 0.15) is 16.7 Å². The smallest absolute Gasteiger partial charge is 0.294 e. The number of thioether (sulfide) groups is 1. The van der Waals surface area contributed by atoms with Crippen LogP contribution in [-0.2, 0) is 20.9 Å². The Morgan fingerprint density at radius 2 is 1.91 bits per heavy atom. The Balaban J connectivity index is 1.43. The summed E-state index contributed by atoms with van der Waals surface area (Å²) in [5.41, 5.74) is 2.89. The number of methoxy groups -OCH3 is 1. The van der Waals surface area contributed by atoms with Crippen LogP contribution in [0, 0.1) is 6.92 Å². The minimum absolute atomic E-state index is 0.259. The van der Waals surface area contributed by atoms with Crippen molar-refractivity contribution in [1.82, 2.24) is 9.80 Å². The summed E-state index contributed by atoms with van der Waals surface area (Å²) in [5.74, 6) is 0.354. The molecule has 2 heterocycles. The zero-order valence-electron chi connectivity index (χ0n) is 19.1. The van der Waals surface area contributed by atoms with Gasteiger partial charge < -0.3 is 19.1 Å². The monoisotopic (exact) mass is 482 g/mol.